The van der Waals surface area contributed by atoms with Gasteiger partial charge in [0, 0.05) is 11.1 Å². The normalized spacial score (nSPS) is 13.3. The molecule has 0 N–H and O–H groups in total. The van der Waals surface area contributed by atoms with Crippen molar-refractivity contribution in [2.24, 2.45) is 0 Å². The summed E-state index contributed by atoms with van der Waals surface area (Å²) < 4.78 is 5.55. The van der Waals surface area contributed by atoms with E-state index < -0.39 is 11.9 Å². The molecule has 0 saturated carbocycles. The molecule has 6 nitrogen and oxygen atoms in total. The molecule has 0 aliphatic carbocycles. The molecule has 2 amide bonds. The predicted molar refractivity (Wildman–Crippen MR) is 139 cm³/mol. The van der Waals surface area contributed by atoms with E-state index in [9.17, 15) is 19.2 Å². The molecule has 0 radical (unpaired) electrons. The average molecular weight is 490 g/mol. The van der Waals surface area contributed by atoms with Crippen LogP contribution in [0.1, 0.15) is 60.6 Å². The fourth-order valence-corrected chi connectivity index (χ4v) is 4.33. The quantitative estimate of drug-likeness (QED) is 0.193. The molecule has 1 aliphatic rings. The highest BCUT2D eigenvalue weighted by molar-refractivity contribution is 6.34. The Kier molecular flexibility index (Phi) is 6.47. The number of imide groups is 1. The Morgan fingerprint density at radius 1 is 0.730 bits per heavy atom. The fraction of sp³-hybridized carbons (Fsp3) is 0.0968. The second-order valence-corrected chi connectivity index (χ2v) is 8.81. The molecule has 6 heteroatoms. The van der Waals surface area contributed by atoms with Crippen molar-refractivity contribution in [3.05, 3.63) is 137 Å². The van der Waals surface area contributed by atoms with Gasteiger partial charge < -0.3 is 4.74 Å². The Hall–Kier alpha value is -4.84. The van der Waals surface area contributed by atoms with Gasteiger partial charge in [0.15, 0.2) is 5.78 Å². The van der Waals surface area contributed by atoms with Crippen molar-refractivity contribution >= 4 is 29.3 Å². The van der Waals surface area contributed by atoms with Gasteiger partial charge in [0.05, 0.1) is 22.7 Å². The number of ketones is 1. The zero-order valence-corrected chi connectivity index (χ0v) is 20.1. The Morgan fingerprint density at radius 2 is 1.35 bits per heavy atom. The second-order valence-electron chi connectivity index (χ2n) is 8.81. The summed E-state index contributed by atoms with van der Waals surface area (Å²) in [6.07, 6.45) is 0. The van der Waals surface area contributed by atoms with Crippen molar-refractivity contribution < 1.29 is 23.9 Å². The molecule has 0 bridgehead atoms. The Morgan fingerprint density at radius 3 is 2.05 bits per heavy atom. The maximum Gasteiger partial charge on any atom is 0.313 e. The second kappa shape index (κ2) is 10.0. The summed E-state index contributed by atoms with van der Waals surface area (Å²) in [6.45, 7) is 1.70. The summed E-state index contributed by atoms with van der Waals surface area (Å²) in [4.78, 5) is 52.3. The highest BCUT2D eigenvalue weighted by Crippen LogP contribution is 2.29. The fourth-order valence-electron chi connectivity index (χ4n) is 4.33. The molecule has 0 fully saturated rings. The Bertz CT molecular complexity index is 1490. The summed E-state index contributed by atoms with van der Waals surface area (Å²) in [7, 11) is 0. The van der Waals surface area contributed by atoms with Gasteiger partial charge in [-0.2, -0.15) is 0 Å². The standard InChI is InChI=1S/C31H23NO5/c1-20(23-12-8-13-24(18-23)28(33)22-10-3-2-4-11-22)31(36)37-19-21-9-7-14-25(17-21)32-29(34)26-15-5-6-16-27(26)30(32)35/h2-18,20H,19H2,1H3. The number of rotatable bonds is 7. The van der Waals surface area contributed by atoms with Crippen LogP contribution in [0.3, 0.4) is 0 Å². The number of ether oxygens (including phenoxy) is 1. The number of nitrogens with zero attached hydrogens (tertiary/aromatic N) is 1. The minimum atomic E-state index is -0.594. The third kappa shape index (κ3) is 4.69. The number of esters is 1. The number of amides is 2. The van der Waals surface area contributed by atoms with Crippen LogP contribution in [0.15, 0.2) is 103 Å². The zero-order valence-electron chi connectivity index (χ0n) is 20.1. The molecule has 1 unspecified atom stereocenters. The maximum atomic E-state index is 12.8. The Labute approximate surface area is 214 Å². The van der Waals surface area contributed by atoms with E-state index in [1.54, 1.807) is 104 Å². The highest BCUT2D eigenvalue weighted by atomic mass is 16.5. The molecule has 5 rings (SSSR count). The number of carbonyl (C=O) groups excluding carboxylic acids is 4. The van der Waals surface area contributed by atoms with Crippen molar-refractivity contribution in [2.75, 3.05) is 4.90 Å². The molecular formula is C31H23NO5. The van der Waals surface area contributed by atoms with E-state index in [0.717, 1.165) is 4.90 Å². The van der Waals surface area contributed by atoms with Gasteiger partial charge in [-0.25, -0.2) is 4.90 Å². The summed E-state index contributed by atoms with van der Waals surface area (Å²) in [5.41, 5.74) is 3.54. The van der Waals surface area contributed by atoms with Crippen molar-refractivity contribution in [3.63, 3.8) is 0 Å². The third-order valence-electron chi connectivity index (χ3n) is 6.38. The third-order valence-corrected chi connectivity index (χ3v) is 6.38. The molecular weight excluding hydrogens is 466 g/mol. The lowest BCUT2D eigenvalue weighted by Crippen LogP contribution is -2.29. The van der Waals surface area contributed by atoms with Gasteiger partial charge >= 0.3 is 5.97 Å². The van der Waals surface area contributed by atoms with Crippen LogP contribution in [0.5, 0.6) is 0 Å². The molecule has 4 aromatic rings. The number of hydrogen-bond donors (Lipinski definition) is 0. The van der Waals surface area contributed by atoms with Gasteiger partial charge in [0.25, 0.3) is 11.8 Å². The number of fused-ring (bicyclic) bond motifs is 1. The first-order valence-electron chi connectivity index (χ1n) is 11.9. The van der Waals surface area contributed by atoms with Crippen molar-refractivity contribution in [2.45, 2.75) is 19.4 Å². The topological polar surface area (TPSA) is 80.8 Å². The Balaban J connectivity index is 1.27. The molecule has 37 heavy (non-hydrogen) atoms. The van der Waals surface area contributed by atoms with Gasteiger partial charge in [-0.3, -0.25) is 19.2 Å². The average Bonchev–Trinajstić information content (AvgIpc) is 3.21. The monoisotopic (exact) mass is 489 g/mol. The van der Waals surface area contributed by atoms with Crippen molar-refractivity contribution in [3.8, 4) is 0 Å². The molecule has 1 aliphatic heterocycles. The number of carbonyl (C=O) groups is 4. The molecule has 1 atom stereocenters. The minimum Gasteiger partial charge on any atom is -0.460 e. The van der Waals surface area contributed by atoms with E-state index in [2.05, 4.69) is 0 Å². The SMILES string of the molecule is CC(C(=O)OCc1cccc(N2C(=O)c3ccccc3C2=O)c1)c1cccc(C(=O)c2ccccc2)c1. The van der Waals surface area contributed by atoms with Crippen LogP contribution in [0.4, 0.5) is 5.69 Å². The highest BCUT2D eigenvalue weighted by Gasteiger charge is 2.36. The first-order chi connectivity index (χ1) is 17.9. The molecule has 0 aromatic heterocycles. The van der Waals surface area contributed by atoms with Gasteiger partial charge in [0.1, 0.15) is 6.61 Å². The van der Waals surface area contributed by atoms with E-state index >= 15 is 0 Å². The van der Waals surface area contributed by atoms with Gasteiger partial charge in [-0.05, 0) is 48.4 Å². The van der Waals surface area contributed by atoms with E-state index in [4.69, 9.17) is 4.74 Å². The maximum absolute atomic E-state index is 12.8. The minimum absolute atomic E-state index is 0.0250. The van der Waals surface area contributed by atoms with E-state index in [1.807, 2.05) is 6.07 Å². The van der Waals surface area contributed by atoms with E-state index in [0.29, 0.717) is 39.1 Å². The van der Waals surface area contributed by atoms with Crippen LogP contribution < -0.4 is 4.90 Å². The lowest BCUT2D eigenvalue weighted by molar-refractivity contribution is -0.146. The lowest BCUT2D eigenvalue weighted by Gasteiger charge is -2.16. The van der Waals surface area contributed by atoms with E-state index in [1.165, 1.54) is 0 Å². The van der Waals surface area contributed by atoms with Crippen LogP contribution in [0.2, 0.25) is 0 Å². The van der Waals surface area contributed by atoms with Gasteiger partial charge in [-0.1, -0.05) is 72.8 Å². The van der Waals surface area contributed by atoms with Crippen molar-refractivity contribution in [1.82, 2.24) is 0 Å². The van der Waals surface area contributed by atoms with E-state index in [-0.39, 0.29) is 24.2 Å². The first kappa shape index (κ1) is 23.9. The lowest BCUT2D eigenvalue weighted by atomic mass is 9.96. The van der Waals surface area contributed by atoms with Crippen LogP contribution in [-0.2, 0) is 16.1 Å². The van der Waals surface area contributed by atoms with Crippen LogP contribution in [-0.4, -0.2) is 23.6 Å². The number of anilines is 1. The summed E-state index contributed by atoms with van der Waals surface area (Å²) in [5.74, 6) is -1.92. The molecule has 0 saturated heterocycles. The first-order valence-corrected chi connectivity index (χ1v) is 11.9. The molecule has 182 valence electrons. The van der Waals surface area contributed by atoms with Crippen molar-refractivity contribution in [1.29, 1.82) is 0 Å². The van der Waals surface area contributed by atoms with Crippen LogP contribution in [0.25, 0.3) is 0 Å². The molecule has 1 heterocycles. The van der Waals surface area contributed by atoms with Crippen LogP contribution >= 0.6 is 0 Å². The smallest absolute Gasteiger partial charge is 0.313 e. The predicted octanol–water partition coefficient (Wildman–Crippen LogP) is 5.57. The zero-order chi connectivity index (χ0) is 25.9. The van der Waals surface area contributed by atoms with Gasteiger partial charge in [-0.15, -0.1) is 0 Å². The van der Waals surface area contributed by atoms with Gasteiger partial charge in [0.2, 0.25) is 0 Å². The largest absolute Gasteiger partial charge is 0.460 e. The number of hydrogen-bond acceptors (Lipinski definition) is 5. The van der Waals surface area contributed by atoms with Crippen LogP contribution in [0, 0.1) is 0 Å². The summed E-state index contributed by atoms with van der Waals surface area (Å²) in [5, 5.41) is 0. The summed E-state index contributed by atoms with van der Waals surface area (Å²) in [6, 6.07) is 29.5. The molecule has 0 spiro atoms. The molecule has 4 aromatic carbocycles. The summed E-state index contributed by atoms with van der Waals surface area (Å²) >= 11 is 0. The number of benzene rings is 4.